The Hall–Kier alpha value is -2.96. The van der Waals surface area contributed by atoms with E-state index in [4.69, 9.17) is 11.6 Å². The van der Waals surface area contributed by atoms with E-state index < -0.39 is 11.9 Å². The Morgan fingerprint density at radius 3 is 2.45 bits per heavy atom. The molecule has 3 aromatic rings. The first kappa shape index (κ1) is 19.4. The van der Waals surface area contributed by atoms with Crippen LogP contribution < -0.4 is 4.90 Å². The molecule has 0 bridgehead atoms. The van der Waals surface area contributed by atoms with E-state index in [9.17, 15) is 14.4 Å². The number of para-hydroxylation sites is 1. The number of carbonyl (C=O) groups excluding carboxylic acids is 3. The Kier molecular flexibility index (Phi) is 5.47. The van der Waals surface area contributed by atoms with E-state index in [0.717, 1.165) is 10.5 Å². The average Bonchev–Trinajstić information content (AvgIpc) is 3.36. The quantitative estimate of drug-likeness (QED) is 0.571. The van der Waals surface area contributed by atoms with Gasteiger partial charge < -0.3 is 4.90 Å². The Balaban J connectivity index is 1.69. The summed E-state index contributed by atoms with van der Waals surface area (Å²) in [4.78, 5) is 42.2. The van der Waals surface area contributed by atoms with Crippen molar-refractivity contribution in [2.75, 3.05) is 4.90 Å². The minimum Gasteiger partial charge on any atom is -0.321 e. The molecule has 1 fully saturated rings. The summed E-state index contributed by atoms with van der Waals surface area (Å²) in [7, 11) is 0. The van der Waals surface area contributed by atoms with Crippen LogP contribution in [0, 0.1) is 0 Å². The molecule has 1 saturated heterocycles. The van der Waals surface area contributed by atoms with Crippen molar-refractivity contribution in [2.45, 2.75) is 19.0 Å². The van der Waals surface area contributed by atoms with Crippen molar-refractivity contribution < 1.29 is 14.4 Å². The predicted molar refractivity (Wildman–Crippen MR) is 113 cm³/mol. The first-order valence-electron chi connectivity index (χ1n) is 9.06. The summed E-state index contributed by atoms with van der Waals surface area (Å²) in [6.45, 7) is 0.142. The minimum absolute atomic E-state index is 0.0602. The maximum atomic E-state index is 13.2. The van der Waals surface area contributed by atoms with E-state index in [1.165, 1.54) is 16.2 Å². The van der Waals surface area contributed by atoms with Crippen LogP contribution in [0.25, 0.3) is 0 Å². The van der Waals surface area contributed by atoms with Crippen LogP contribution in [0.2, 0.25) is 5.02 Å². The zero-order chi connectivity index (χ0) is 20.4. The highest BCUT2D eigenvalue weighted by Gasteiger charge is 2.44. The third-order valence-corrected chi connectivity index (χ3v) is 6.03. The molecule has 0 aliphatic carbocycles. The minimum atomic E-state index is -0.881. The highest BCUT2D eigenvalue weighted by molar-refractivity contribution is 7.12. The fraction of sp³-hybridized carbons (Fsp3) is 0.136. The molecule has 29 heavy (non-hydrogen) atoms. The molecular formula is C22H17ClN2O3S. The van der Waals surface area contributed by atoms with Crippen molar-refractivity contribution >= 4 is 46.3 Å². The number of nitrogens with zero attached hydrogens (tertiary/aromatic N) is 2. The van der Waals surface area contributed by atoms with Gasteiger partial charge in [0.05, 0.1) is 17.0 Å². The van der Waals surface area contributed by atoms with Gasteiger partial charge >= 0.3 is 0 Å². The summed E-state index contributed by atoms with van der Waals surface area (Å²) in [6, 6.07) is 18.6. The molecule has 146 valence electrons. The Morgan fingerprint density at radius 1 is 1.03 bits per heavy atom. The molecule has 0 radical (unpaired) electrons. The largest absolute Gasteiger partial charge is 0.321 e. The summed E-state index contributed by atoms with van der Waals surface area (Å²) in [5.74, 6) is -1.02. The standard InChI is InChI=1S/C22H17ClN2O3S/c23-17-10-5-4-7-15(17)14-24(22(28)19-11-6-12-29-19)18-13-20(26)25(21(18)27)16-8-2-1-3-9-16/h1-12,18H,13-14H2. The number of hydrogen-bond acceptors (Lipinski definition) is 4. The molecule has 1 aromatic heterocycles. The van der Waals surface area contributed by atoms with Crippen LogP contribution in [-0.2, 0) is 16.1 Å². The van der Waals surface area contributed by atoms with Crippen molar-refractivity contribution in [1.29, 1.82) is 0 Å². The zero-order valence-corrected chi connectivity index (χ0v) is 16.9. The van der Waals surface area contributed by atoms with Crippen LogP contribution in [0.4, 0.5) is 5.69 Å². The lowest BCUT2D eigenvalue weighted by atomic mass is 10.1. The second kappa shape index (κ2) is 8.19. The van der Waals surface area contributed by atoms with Gasteiger partial charge in [0, 0.05) is 11.6 Å². The molecule has 0 saturated carbocycles. The molecule has 1 unspecified atom stereocenters. The number of hydrogen-bond donors (Lipinski definition) is 0. The number of anilines is 1. The molecule has 0 spiro atoms. The molecule has 1 aliphatic rings. The number of benzene rings is 2. The lowest BCUT2D eigenvalue weighted by Crippen LogP contribution is -2.45. The monoisotopic (exact) mass is 424 g/mol. The summed E-state index contributed by atoms with van der Waals surface area (Å²) in [5.41, 5.74) is 1.23. The van der Waals surface area contributed by atoms with Crippen molar-refractivity contribution in [2.24, 2.45) is 0 Å². The number of imide groups is 1. The van der Waals surface area contributed by atoms with Gasteiger partial charge in [-0.1, -0.05) is 54.1 Å². The molecular weight excluding hydrogens is 408 g/mol. The van der Waals surface area contributed by atoms with Crippen LogP contribution in [-0.4, -0.2) is 28.7 Å². The van der Waals surface area contributed by atoms with E-state index in [0.29, 0.717) is 15.6 Å². The molecule has 2 aromatic carbocycles. The Bertz CT molecular complexity index is 1050. The van der Waals surface area contributed by atoms with Crippen molar-refractivity contribution in [3.63, 3.8) is 0 Å². The van der Waals surface area contributed by atoms with E-state index in [1.807, 2.05) is 18.2 Å². The van der Waals surface area contributed by atoms with Gasteiger partial charge in [-0.05, 0) is 35.2 Å². The Labute approximate surface area is 177 Å². The first-order chi connectivity index (χ1) is 14.1. The highest BCUT2D eigenvalue weighted by atomic mass is 35.5. The maximum Gasteiger partial charge on any atom is 0.264 e. The van der Waals surface area contributed by atoms with Crippen molar-refractivity contribution in [1.82, 2.24) is 4.90 Å². The lowest BCUT2D eigenvalue weighted by molar-refractivity contribution is -0.122. The van der Waals surface area contributed by atoms with Crippen LogP contribution >= 0.6 is 22.9 Å². The van der Waals surface area contributed by atoms with Crippen LogP contribution in [0.15, 0.2) is 72.1 Å². The number of thiophene rings is 1. The van der Waals surface area contributed by atoms with E-state index in [2.05, 4.69) is 0 Å². The van der Waals surface area contributed by atoms with Gasteiger partial charge in [-0.3, -0.25) is 14.4 Å². The van der Waals surface area contributed by atoms with Gasteiger partial charge in [-0.25, -0.2) is 4.90 Å². The number of amides is 3. The molecule has 5 nitrogen and oxygen atoms in total. The summed E-state index contributed by atoms with van der Waals surface area (Å²) in [6.07, 6.45) is -0.0602. The number of halogens is 1. The molecule has 1 aliphatic heterocycles. The molecule has 7 heteroatoms. The van der Waals surface area contributed by atoms with E-state index >= 15 is 0 Å². The van der Waals surface area contributed by atoms with Crippen molar-refractivity contribution in [3.8, 4) is 0 Å². The Morgan fingerprint density at radius 2 is 1.76 bits per heavy atom. The van der Waals surface area contributed by atoms with Crippen LogP contribution in [0.1, 0.15) is 21.7 Å². The topological polar surface area (TPSA) is 57.7 Å². The van der Waals surface area contributed by atoms with Gasteiger partial charge in [0.25, 0.3) is 11.8 Å². The molecule has 2 heterocycles. The summed E-state index contributed by atoms with van der Waals surface area (Å²) in [5, 5.41) is 2.31. The fourth-order valence-electron chi connectivity index (χ4n) is 3.38. The number of rotatable bonds is 5. The summed E-state index contributed by atoms with van der Waals surface area (Å²) >= 11 is 7.59. The molecule has 0 N–H and O–H groups in total. The third kappa shape index (κ3) is 3.81. The van der Waals surface area contributed by atoms with Gasteiger partial charge in [0.15, 0.2) is 0 Å². The van der Waals surface area contributed by atoms with E-state index in [-0.39, 0.29) is 24.8 Å². The SMILES string of the molecule is O=C1CC(N(Cc2ccccc2Cl)C(=O)c2cccs2)C(=O)N1c1ccccc1. The molecule has 1 atom stereocenters. The zero-order valence-electron chi connectivity index (χ0n) is 15.3. The number of carbonyl (C=O) groups is 3. The summed E-state index contributed by atoms with van der Waals surface area (Å²) < 4.78 is 0. The van der Waals surface area contributed by atoms with Gasteiger partial charge in [0.1, 0.15) is 6.04 Å². The highest BCUT2D eigenvalue weighted by Crippen LogP contribution is 2.29. The normalized spacial score (nSPS) is 16.3. The lowest BCUT2D eigenvalue weighted by Gasteiger charge is -2.27. The first-order valence-corrected chi connectivity index (χ1v) is 10.3. The maximum absolute atomic E-state index is 13.2. The fourth-order valence-corrected chi connectivity index (χ4v) is 4.26. The van der Waals surface area contributed by atoms with Gasteiger partial charge in [-0.2, -0.15) is 0 Å². The average molecular weight is 425 g/mol. The van der Waals surface area contributed by atoms with Crippen LogP contribution in [0.3, 0.4) is 0 Å². The third-order valence-electron chi connectivity index (χ3n) is 4.80. The van der Waals surface area contributed by atoms with Gasteiger partial charge in [0.2, 0.25) is 5.91 Å². The molecule has 3 amide bonds. The van der Waals surface area contributed by atoms with E-state index in [1.54, 1.807) is 53.9 Å². The smallest absolute Gasteiger partial charge is 0.264 e. The predicted octanol–water partition coefficient (Wildman–Crippen LogP) is 4.38. The van der Waals surface area contributed by atoms with Crippen molar-refractivity contribution in [3.05, 3.63) is 87.6 Å². The van der Waals surface area contributed by atoms with Crippen LogP contribution in [0.5, 0.6) is 0 Å². The molecule has 4 rings (SSSR count). The second-order valence-corrected chi connectivity index (χ2v) is 7.98. The van der Waals surface area contributed by atoms with Gasteiger partial charge in [-0.15, -0.1) is 11.3 Å². The second-order valence-electron chi connectivity index (χ2n) is 6.62.